The lowest BCUT2D eigenvalue weighted by Crippen LogP contribution is -2.14. The molecule has 1 atom stereocenters. The molecule has 2 heterocycles. The van der Waals surface area contributed by atoms with E-state index in [9.17, 15) is 0 Å². The molecule has 0 aromatic carbocycles. The smallest absolute Gasteiger partial charge is 0.156 e. The van der Waals surface area contributed by atoms with E-state index in [1.807, 2.05) is 13.0 Å². The van der Waals surface area contributed by atoms with Crippen LogP contribution in [0.3, 0.4) is 0 Å². The van der Waals surface area contributed by atoms with E-state index in [2.05, 4.69) is 22.2 Å². The first kappa shape index (κ1) is 13.2. The van der Waals surface area contributed by atoms with Gasteiger partial charge in [-0.05, 0) is 19.8 Å². The van der Waals surface area contributed by atoms with Crippen molar-refractivity contribution in [3.8, 4) is 0 Å². The Hall–Kier alpha value is -1.20. The number of hydrogen-bond donors (Lipinski definition) is 1. The van der Waals surface area contributed by atoms with Gasteiger partial charge < -0.3 is 14.8 Å². The number of nitrogens with one attached hydrogen (secondary N) is 1. The topological polar surface area (TPSA) is 56.3 Å². The van der Waals surface area contributed by atoms with Crippen LogP contribution in [-0.2, 0) is 16.1 Å². The van der Waals surface area contributed by atoms with Gasteiger partial charge >= 0.3 is 0 Å². The van der Waals surface area contributed by atoms with Crippen molar-refractivity contribution >= 4 is 5.82 Å². The zero-order valence-corrected chi connectivity index (χ0v) is 11.1. The van der Waals surface area contributed by atoms with Crippen molar-refractivity contribution in [2.45, 2.75) is 39.4 Å². The summed E-state index contributed by atoms with van der Waals surface area (Å²) in [6.07, 6.45) is 2.24. The van der Waals surface area contributed by atoms with Crippen LogP contribution in [0.15, 0.2) is 6.07 Å². The number of ether oxygens (including phenoxy) is 2. The van der Waals surface area contributed by atoms with Gasteiger partial charge in [0, 0.05) is 24.9 Å². The maximum Gasteiger partial charge on any atom is 0.156 e. The van der Waals surface area contributed by atoms with Crippen LogP contribution >= 0.6 is 0 Å². The molecular formula is C13H21N3O2. The van der Waals surface area contributed by atoms with Crippen molar-refractivity contribution in [3.05, 3.63) is 17.6 Å². The fourth-order valence-electron chi connectivity index (χ4n) is 1.87. The number of rotatable bonds is 6. The monoisotopic (exact) mass is 251 g/mol. The van der Waals surface area contributed by atoms with Gasteiger partial charge in [0.05, 0.1) is 12.7 Å². The van der Waals surface area contributed by atoms with E-state index in [4.69, 9.17) is 9.47 Å². The SMILES string of the molecule is CCCNc1cc(C)nc(COC2CCOC2)n1. The van der Waals surface area contributed by atoms with Gasteiger partial charge in [-0.15, -0.1) is 0 Å². The zero-order valence-electron chi connectivity index (χ0n) is 11.1. The fraction of sp³-hybridized carbons (Fsp3) is 0.692. The quantitative estimate of drug-likeness (QED) is 0.837. The third kappa shape index (κ3) is 3.92. The molecule has 5 heteroatoms. The van der Waals surface area contributed by atoms with Crippen molar-refractivity contribution < 1.29 is 9.47 Å². The number of aromatic nitrogens is 2. The minimum Gasteiger partial charge on any atom is -0.379 e. The summed E-state index contributed by atoms with van der Waals surface area (Å²) in [7, 11) is 0. The Kier molecular flexibility index (Phi) is 4.90. The fourth-order valence-corrected chi connectivity index (χ4v) is 1.87. The Balaban J connectivity index is 1.91. The molecule has 1 fully saturated rings. The highest BCUT2D eigenvalue weighted by atomic mass is 16.5. The Bertz CT molecular complexity index is 378. The molecule has 1 unspecified atom stereocenters. The molecule has 1 aliphatic rings. The summed E-state index contributed by atoms with van der Waals surface area (Å²) in [5, 5.41) is 3.27. The van der Waals surface area contributed by atoms with Gasteiger partial charge in [-0.3, -0.25) is 0 Å². The molecular weight excluding hydrogens is 230 g/mol. The van der Waals surface area contributed by atoms with E-state index in [1.165, 1.54) is 0 Å². The number of anilines is 1. The highest BCUT2D eigenvalue weighted by molar-refractivity contribution is 5.35. The van der Waals surface area contributed by atoms with Crippen molar-refractivity contribution in [2.75, 3.05) is 25.1 Å². The van der Waals surface area contributed by atoms with E-state index in [0.29, 0.717) is 13.2 Å². The third-order valence-electron chi connectivity index (χ3n) is 2.79. The van der Waals surface area contributed by atoms with E-state index < -0.39 is 0 Å². The summed E-state index contributed by atoms with van der Waals surface area (Å²) in [6.45, 7) is 6.96. The molecule has 1 saturated heterocycles. The Morgan fingerprint density at radius 1 is 1.50 bits per heavy atom. The normalized spacial score (nSPS) is 19.1. The Morgan fingerprint density at radius 2 is 2.39 bits per heavy atom. The third-order valence-corrected chi connectivity index (χ3v) is 2.79. The maximum atomic E-state index is 5.73. The molecule has 18 heavy (non-hydrogen) atoms. The molecule has 0 amide bonds. The predicted octanol–water partition coefficient (Wildman–Crippen LogP) is 1.91. The minimum atomic E-state index is 0.196. The van der Waals surface area contributed by atoms with Crippen molar-refractivity contribution in [2.24, 2.45) is 0 Å². The first-order valence-electron chi connectivity index (χ1n) is 6.55. The molecule has 5 nitrogen and oxygen atoms in total. The molecule has 100 valence electrons. The molecule has 0 saturated carbocycles. The van der Waals surface area contributed by atoms with Crippen molar-refractivity contribution in [1.29, 1.82) is 0 Å². The van der Waals surface area contributed by atoms with Crippen LogP contribution in [0, 0.1) is 6.92 Å². The standard InChI is InChI=1S/C13H21N3O2/c1-3-5-14-12-7-10(2)15-13(16-12)9-18-11-4-6-17-8-11/h7,11H,3-6,8-9H2,1-2H3,(H,14,15,16). The molecule has 1 aromatic rings. The van der Waals surface area contributed by atoms with Crippen LogP contribution in [-0.4, -0.2) is 35.8 Å². The van der Waals surface area contributed by atoms with Crippen LogP contribution in [0.4, 0.5) is 5.82 Å². The molecule has 0 aliphatic carbocycles. The second-order valence-corrected chi connectivity index (χ2v) is 4.53. The van der Waals surface area contributed by atoms with Crippen molar-refractivity contribution in [3.63, 3.8) is 0 Å². The summed E-state index contributed by atoms with van der Waals surface area (Å²) in [4.78, 5) is 8.83. The number of nitrogens with zero attached hydrogens (tertiary/aromatic N) is 2. The van der Waals surface area contributed by atoms with Crippen LogP contribution < -0.4 is 5.32 Å². The average molecular weight is 251 g/mol. The summed E-state index contributed by atoms with van der Waals surface area (Å²) < 4.78 is 11.0. The van der Waals surface area contributed by atoms with Gasteiger partial charge in [0.15, 0.2) is 5.82 Å². The first-order valence-corrected chi connectivity index (χ1v) is 6.55. The zero-order chi connectivity index (χ0) is 12.8. The molecule has 1 aromatic heterocycles. The largest absolute Gasteiger partial charge is 0.379 e. The molecule has 0 bridgehead atoms. The van der Waals surface area contributed by atoms with Crippen LogP contribution in [0.25, 0.3) is 0 Å². The van der Waals surface area contributed by atoms with Gasteiger partial charge in [0.2, 0.25) is 0 Å². The molecule has 1 aliphatic heterocycles. The van der Waals surface area contributed by atoms with Gasteiger partial charge in [0.1, 0.15) is 12.4 Å². The average Bonchev–Trinajstić information content (AvgIpc) is 2.86. The predicted molar refractivity (Wildman–Crippen MR) is 69.6 cm³/mol. The summed E-state index contributed by atoms with van der Waals surface area (Å²) in [6, 6.07) is 1.96. The van der Waals surface area contributed by atoms with E-state index in [1.54, 1.807) is 0 Å². The van der Waals surface area contributed by atoms with Crippen molar-refractivity contribution in [1.82, 2.24) is 9.97 Å². The number of aryl methyl sites for hydroxylation is 1. The highest BCUT2D eigenvalue weighted by Crippen LogP contribution is 2.12. The van der Waals surface area contributed by atoms with Gasteiger partial charge in [-0.2, -0.15) is 0 Å². The Labute approximate surface area is 108 Å². The summed E-state index contributed by atoms with van der Waals surface area (Å²) in [5.41, 5.74) is 0.963. The summed E-state index contributed by atoms with van der Waals surface area (Å²) >= 11 is 0. The molecule has 0 radical (unpaired) electrons. The molecule has 2 rings (SSSR count). The maximum absolute atomic E-state index is 5.73. The lowest BCUT2D eigenvalue weighted by molar-refractivity contribution is 0.0284. The van der Waals surface area contributed by atoms with Crippen LogP contribution in [0.5, 0.6) is 0 Å². The summed E-state index contributed by atoms with van der Waals surface area (Å²) in [5.74, 6) is 1.62. The van der Waals surface area contributed by atoms with E-state index in [-0.39, 0.29) is 6.10 Å². The first-order chi connectivity index (χ1) is 8.78. The van der Waals surface area contributed by atoms with Crippen LogP contribution in [0.2, 0.25) is 0 Å². The van der Waals surface area contributed by atoms with Gasteiger partial charge in [-0.25, -0.2) is 9.97 Å². The highest BCUT2D eigenvalue weighted by Gasteiger charge is 2.16. The Morgan fingerprint density at radius 3 is 3.11 bits per heavy atom. The lowest BCUT2D eigenvalue weighted by Gasteiger charge is -2.11. The minimum absolute atomic E-state index is 0.196. The molecule has 1 N–H and O–H groups in total. The lowest BCUT2D eigenvalue weighted by atomic mass is 10.3. The van der Waals surface area contributed by atoms with E-state index >= 15 is 0 Å². The second-order valence-electron chi connectivity index (χ2n) is 4.53. The molecule has 0 spiro atoms. The second kappa shape index (κ2) is 6.66. The van der Waals surface area contributed by atoms with E-state index in [0.717, 1.165) is 43.3 Å². The van der Waals surface area contributed by atoms with Gasteiger partial charge in [0.25, 0.3) is 0 Å². The van der Waals surface area contributed by atoms with Crippen LogP contribution in [0.1, 0.15) is 31.3 Å². The van der Waals surface area contributed by atoms with Gasteiger partial charge in [-0.1, -0.05) is 6.92 Å². The number of hydrogen-bond acceptors (Lipinski definition) is 5.